The van der Waals surface area contributed by atoms with Gasteiger partial charge in [0.25, 0.3) is 0 Å². The third-order valence-corrected chi connectivity index (χ3v) is 4.08. The van der Waals surface area contributed by atoms with Gasteiger partial charge in [0.15, 0.2) is 0 Å². The molecular weight excluding hydrogens is 292 g/mol. The molecular formula is C18H22N2O3. The van der Waals surface area contributed by atoms with E-state index in [2.05, 4.69) is 10.2 Å². The summed E-state index contributed by atoms with van der Waals surface area (Å²) in [6.07, 6.45) is 7.26. The zero-order valence-electron chi connectivity index (χ0n) is 13.3. The van der Waals surface area contributed by atoms with Gasteiger partial charge < -0.3 is 14.2 Å². The lowest BCUT2D eigenvalue weighted by Crippen LogP contribution is -2.36. The first-order valence-corrected chi connectivity index (χ1v) is 8.02. The molecule has 23 heavy (non-hydrogen) atoms. The molecule has 1 N–H and O–H groups in total. The number of carbonyl (C=O) groups excluding carboxylic acids is 1. The van der Waals surface area contributed by atoms with Crippen LogP contribution in [0.15, 0.2) is 45.4 Å². The molecule has 0 aliphatic carbocycles. The molecule has 5 heteroatoms. The van der Waals surface area contributed by atoms with Crippen LogP contribution < -0.4 is 5.32 Å². The van der Waals surface area contributed by atoms with Crippen LogP contribution >= 0.6 is 0 Å². The lowest BCUT2D eigenvalue weighted by molar-refractivity contribution is -0.116. The summed E-state index contributed by atoms with van der Waals surface area (Å²) in [4.78, 5) is 14.4. The van der Waals surface area contributed by atoms with Crippen molar-refractivity contribution in [2.45, 2.75) is 25.8 Å². The number of furan rings is 2. The van der Waals surface area contributed by atoms with Crippen molar-refractivity contribution in [2.24, 2.45) is 0 Å². The Morgan fingerprint density at radius 3 is 2.83 bits per heavy atom. The summed E-state index contributed by atoms with van der Waals surface area (Å²) in [6.45, 7) is 4.50. The van der Waals surface area contributed by atoms with Gasteiger partial charge >= 0.3 is 0 Å². The standard InChI is InChI=1S/C18H22N2O3/c1-14-6-7-15(23-14)8-9-18(21)19-13-16(17-5-4-12-22-17)20-10-2-3-11-20/h4-9,12,16H,2-3,10-11,13H2,1H3,(H,19,21)/b9-8+/t16-/m0/s1. The molecule has 0 unspecified atom stereocenters. The molecule has 1 aliphatic heterocycles. The second-order valence-electron chi connectivity index (χ2n) is 5.80. The number of rotatable bonds is 6. The number of nitrogens with zero attached hydrogens (tertiary/aromatic N) is 1. The molecule has 1 amide bonds. The second-order valence-corrected chi connectivity index (χ2v) is 5.80. The van der Waals surface area contributed by atoms with E-state index in [0.29, 0.717) is 12.3 Å². The summed E-state index contributed by atoms with van der Waals surface area (Å²) in [5, 5.41) is 2.96. The van der Waals surface area contributed by atoms with Crippen molar-refractivity contribution in [3.8, 4) is 0 Å². The molecule has 3 heterocycles. The van der Waals surface area contributed by atoms with Gasteiger partial charge in [-0.1, -0.05) is 0 Å². The van der Waals surface area contributed by atoms with E-state index < -0.39 is 0 Å². The molecule has 5 nitrogen and oxygen atoms in total. The van der Waals surface area contributed by atoms with Crippen molar-refractivity contribution in [3.63, 3.8) is 0 Å². The third kappa shape index (κ3) is 4.13. The number of amides is 1. The maximum Gasteiger partial charge on any atom is 0.244 e. The lowest BCUT2D eigenvalue weighted by atomic mass is 10.2. The van der Waals surface area contributed by atoms with Crippen LogP contribution in [0.25, 0.3) is 6.08 Å². The molecule has 0 bridgehead atoms. The normalized spacial score (nSPS) is 16.9. The Balaban J connectivity index is 1.57. The van der Waals surface area contributed by atoms with Gasteiger partial charge in [-0.15, -0.1) is 0 Å². The van der Waals surface area contributed by atoms with Crippen molar-refractivity contribution in [1.29, 1.82) is 0 Å². The largest absolute Gasteiger partial charge is 0.468 e. The monoisotopic (exact) mass is 314 g/mol. The zero-order chi connectivity index (χ0) is 16.1. The fraction of sp³-hybridized carbons (Fsp3) is 0.389. The maximum absolute atomic E-state index is 12.0. The van der Waals surface area contributed by atoms with Crippen molar-refractivity contribution < 1.29 is 13.6 Å². The summed E-state index contributed by atoms with van der Waals surface area (Å²) < 4.78 is 11.0. The second kappa shape index (κ2) is 7.33. The number of carbonyl (C=O) groups is 1. The van der Waals surface area contributed by atoms with Gasteiger partial charge in [0.2, 0.25) is 5.91 Å². The first-order valence-electron chi connectivity index (χ1n) is 8.02. The van der Waals surface area contributed by atoms with Crippen molar-refractivity contribution >= 4 is 12.0 Å². The molecule has 1 aliphatic rings. The fourth-order valence-electron chi connectivity index (χ4n) is 2.90. The fourth-order valence-corrected chi connectivity index (χ4v) is 2.90. The van der Waals surface area contributed by atoms with Crippen LogP contribution in [-0.4, -0.2) is 30.4 Å². The Morgan fingerprint density at radius 1 is 1.35 bits per heavy atom. The van der Waals surface area contributed by atoms with E-state index in [9.17, 15) is 4.79 Å². The predicted octanol–water partition coefficient (Wildman–Crippen LogP) is 3.15. The summed E-state index contributed by atoms with van der Waals surface area (Å²) in [5.41, 5.74) is 0. The van der Waals surface area contributed by atoms with Crippen LogP contribution in [0.4, 0.5) is 0 Å². The Morgan fingerprint density at radius 2 is 2.17 bits per heavy atom. The molecule has 0 radical (unpaired) electrons. The number of aryl methyl sites for hydroxylation is 1. The lowest BCUT2D eigenvalue weighted by Gasteiger charge is -2.25. The Bertz CT molecular complexity index is 652. The molecule has 122 valence electrons. The Hall–Kier alpha value is -2.27. The smallest absolute Gasteiger partial charge is 0.244 e. The topological polar surface area (TPSA) is 58.6 Å². The summed E-state index contributed by atoms with van der Waals surface area (Å²) in [5.74, 6) is 2.28. The zero-order valence-corrected chi connectivity index (χ0v) is 13.3. The minimum absolute atomic E-state index is 0.0932. The minimum Gasteiger partial charge on any atom is -0.468 e. The first-order chi connectivity index (χ1) is 11.2. The molecule has 2 aromatic heterocycles. The van der Waals surface area contributed by atoms with Crippen LogP contribution in [0.2, 0.25) is 0 Å². The van der Waals surface area contributed by atoms with Crippen LogP contribution in [-0.2, 0) is 4.79 Å². The van der Waals surface area contributed by atoms with Crippen LogP contribution in [0, 0.1) is 6.92 Å². The molecule has 3 rings (SSSR count). The van der Waals surface area contributed by atoms with Gasteiger partial charge in [-0.05, 0) is 63.2 Å². The average Bonchev–Trinajstić information content (AvgIpc) is 3.28. The van der Waals surface area contributed by atoms with Crippen LogP contribution in [0.3, 0.4) is 0 Å². The van der Waals surface area contributed by atoms with Gasteiger partial charge in [0.1, 0.15) is 17.3 Å². The summed E-state index contributed by atoms with van der Waals surface area (Å²) in [7, 11) is 0. The van der Waals surface area contributed by atoms with E-state index >= 15 is 0 Å². The predicted molar refractivity (Wildman–Crippen MR) is 87.7 cm³/mol. The van der Waals surface area contributed by atoms with Gasteiger partial charge in [-0.3, -0.25) is 9.69 Å². The summed E-state index contributed by atoms with van der Waals surface area (Å²) >= 11 is 0. The van der Waals surface area contributed by atoms with E-state index in [1.54, 1.807) is 12.3 Å². The van der Waals surface area contributed by atoms with Crippen LogP contribution in [0.5, 0.6) is 0 Å². The Kier molecular flexibility index (Phi) is 4.98. The van der Waals surface area contributed by atoms with Crippen molar-refractivity contribution in [2.75, 3.05) is 19.6 Å². The van der Waals surface area contributed by atoms with Gasteiger partial charge in [0, 0.05) is 12.6 Å². The SMILES string of the molecule is Cc1ccc(/C=C/C(=O)NC[C@@H](c2ccco2)N2CCCC2)o1. The quantitative estimate of drug-likeness (QED) is 0.832. The van der Waals surface area contributed by atoms with E-state index in [4.69, 9.17) is 8.83 Å². The molecule has 0 saturated carbocycles. The van der Waals surface area contributed by atoms with Crippen LogP contribution in [0.1, 0.15) is 36.2 Å². The highest BCUT2D eigenvalue weighted by Crippen LogP contribution is 2.24. The van der Waals surface area contributed by atoms with E-state index in [-0.39, 0.29) is 11.9 Å². The molecule has 0 aromatic carbocycles. The average molecular weight is 314 g/mol. The number of likely N-dealkylation sites (tertiary alicyclic amines) is 1. The summed E-state index contributed by atoms with van der Waals surface area (Å²) in [6, 6.07) is 7.67. The highest BCUT2D eigenvalue weighted by atomic mass is 16.3. The molecule has 0 spiro atoms. The molecule has 1 saturated heterocycles. The molecule has 1 fully saturated rings. The van der Waals surface area contributed by atoms with Crippen molar-refractivity contribution in [1.82, 2.24) is 10.2 Å². The minimum atomic E-state index is -0.130. The molecule has 2 aromatic rings. The van der Waals surface area contributed by atoms with Gasteiger partial charge in [-0.25, -0.2) is 0 Å². The van der Waals surface area contributed by atoms with Gasteiger partial charge in [-0.2, -0.15) is 0 Å². The first kappa shape index (κ1) is 15.6. The number of hydrogen-bond donors (Lipinski definition) is 1. The highest BCUT2D eigenvalue weighted by Gasteiger charge is 2.25. The highest BCUT2D eigenvalue weighted by molar-refractivity contribution is 5.91. The van der Waals surface area contributed by atoms with Gasteiger partial charge in [0.05, 0.1) is 12.3 Å². The molecule has 1 atom stereocenters. The Labute approximate surface area is 136 Å². The number of hydrogen-bond acceptors (Lipinski definition) is 4. The van der Waals surface area contributed by atoms with E-state index in [1.165, 1.54) is 18.9 Å². The van der Waals surface area contributed by atoms with E-state index in [0.717, 1.165) is 24.6 Å². The van der Waals surface area contributed by atoms with E-state index in [1.807, 2.05) is 31.2 Å². The third-order valence-electron chi connectivity index (χ3n) is 4.08. The van der Waals surface area contributed by atoms with Crippen molar-refractivity contribution in [3.05, 3.63) is 53.9 Å². The number of nitrogens with one attached hydrogen (secondary N) is 1. The maximum atomic E-state index is 12.0.